The van der Waals surface area contributed by atoms with Crippen LogP contribution in [-0.4, -0.2) is 28.1 Å². The monoisotopic (exact) mass is 328 g/mol. The first-order valence-corrected chi connectivity index (χ1v) is 5.94. The topological polar surface area (TPSA) is 84.4 Å². The number of aromatic nitrogens is 2. The molecule has 1 aliphatic heterocycles. The normalized spacial score (nSPS) is 12.7. The third-order valence-corrected chi connectivity index (χ3v) is 3.20. The van der Waals surface area contributed by atoms with Gasteiger partial charge in [-0.3, -0.25) is 5.10 Å². The van der Waals surface area contributed by atoms with Crippen LogP contribution in [0.3, 0.4) is 0 Å². The number of nitrogens with one attached hydrogen (secondary N) is 1. The number of nitrogens with zero attached hydrogens (tertiary/aromatic N) is 1. The van der Waals surface area contributed by atoms with Crippen LogP contribution in [-0.2, 0) is 0 Å². The summed E-state index contributed by atoms with van der Waals surface area (Å²) in [5.41, 5.74) is 0.0608. The molecule has 0 bridgehead atoms. The minimum atomic E-state index is -1.18. The number of halogens is 2. The van der Waals surface area contributed by atoms with Gasteiger partial charge in [0.15, 0.2) is 17.3 Å². The van der Waals surface area contributed by atoms with E-state index in [1.54, 1.807) is 0 Å². The van der Waals surface area contributed by atoms with Gasteiger partial charge in [-0.1, -0.05) is 0 Å². The van der Waals surface area contributed by atoms with Crippen LogP contribution in [0.15, 0.2) is 16.6 Å². The fourth-order valence-electron chi connectivity index (χ4n) is 1.78. The van der Waals surface area contributed by atoms with Crippen molar-refractivity contribution in [3.63, 3.8) is 0 Å². The van der Waals surface area contributed by atoms with Crippen molar-refractivity contribution in [3.05, 3.63) is 28.1 Å². The molecule has 98 valence electrons. The molecule has 0 radical (unpaired) electrons. The Kier molecular flexibility index (Phi) is 2.67. The molecule has 19 heavy (non-hydrogen) atoms. The van der Waals surface area contributed by atoms with Crippen molar-refractivity contribution in [2.45, 2.75) is 0 Å². The molecule has 2 heterocycles. The minimum absolute atomic E-state index is 0.0194. The van der Waals surface area contributed by atoms with Crippen LogP contribution in [0.5, 0.6) is 11.5 Å². The van der Waals surface area contributed by atoms with Crippen molar-refractivity contribution < 1.29 is 23.8 Å². The van der Waals surface area contributed by atoms with Crippen LogP contribution < -0.4 is 9.47 Å². The maximum Gasteiger partial charge on any atom is 0.353 e. The van der Waals surface area contributed by atoms with Crippen LogP contribution in [0.4, 0.5) is 4.39 Å². The van der Waals surface area contributed by atoms with Gasteiger partial charge >= 0.3 is 5.97 Å². The minimum Gasteiger partial charge on any atom is -0.477 e. The summed E-state index contributed by atoms with van der Waals surface area (Å²) in [5, 5.41) is 14.9. The molecule has 1 aromatic carbocycles. The van der Waals surface area contributed by atoms with E-state index in [4.69, 9.17) is 14.6 Å². The summed E-state index contributed by atoms with van der Waals surface area (Å²) in [4.78, 5) is 10.8. The van der Waals surface area contributed by atoms with Crippen LogP contribution in [0.1, 0.15) is 10.5 Å². The van der Waals surface area contributed by atoms with Crippen LogP contribution in [0, 0.1) is 5.82 Å². The number of aromatic amines is 1. The van der Waals surface area contributed by atoms with Crippen molar-refractivity contribution in [2.75, 3.05) is 6.79 Å². The Labute approximate surface area is 114 Å². The Morgan fingerprint density at radius 2 is 2.26 bits per heavy atom. The number of rotatable bonds is 2. The predicted octanol–water partition coefficient (Wildman–Crippen LogP) is 2.41. The molecule has 0 aliphatic carbocycles. The van der Waals surface area contributed by atoms with E-state index in [1.807, 2.05) is 0 Å². The number of H-pyrrole nitrogens is 1. The van der Waals surface area contributed by atoms with E-state index in [-0.39, 0.29) is 34.0 Å². The first-order chi connectivity index (χ1) is 9.08. The molecule has 0 saturated carbocycles. The van der Waals surface area contributed by atoms with E-state index in [9.17, 15) is 9.18 Å². The fourth-order valence-corrected chi connectivity index (χ4v) is 2.18. The summed E-state index contributed by atoms with van der Waals surface area (Å²) in [6.07, 6.45) is 0. The highest BCUT2D eigenvalue weighted by molar-refractivity contribution is 9.10. The maximum atomic E-state index is 14.2. The number of hydrogen-bond donors (Lipinski definition) is 2. The molecular formula is C11H6BrFN2O4. The zero-order valence-corrected chi connectivity index (χ0v) is 10.8. The number of ether oxygens (including phenoxy) is 2. The van der Waals surface area contributed by atoms with E-state index in [1.165, 1.54) is 12.1 Å². The van der Waals surface area contributed by atoms with E-state index in [0.717, 1.165) is 0 Å². The van der Waals surface area contributed by atoms with Crippen LogP contribution in [0.25, 0.3) is 11.3 Å². The summed E-state index contributed by atoms with van der Waals surface area (Å²) in [7, 11) is 0. The van der Waals surface area contributed by atoms with Gasteiger partial charge in [0.1, 0.15) is 5.69 Å². The van der Waals surface area contributed by atoms with E-state index < -0.39 is 11.8 Å². The second kappa shape index (κ2) is 4.23. The van der Waals surface area contributed by atoms with Crippen LogP contribution in [0.2, 0.25) is 0 Å². The van der Waals surface area contributed by atoms with Gasteiger partial charge in [-0.2, -0.15) is 5.10 Å². The average molecular weight is 329 g/mol. The molecule has 2 aromatic rings. The zero-order valence-electron chi connectivity index (χ0n) is 9.24. The maximum absolute atomic E-state index is 14.2. The van der Waals surface area contributed by atoms with Crippen molar-refractivity contribution in [3.8, 4) is 22.8 Å². The van der Waals surface area contributed by atoms with Gasteiger partial charge in [-0.05, 0) is 22.0 Å². The Hall–Kier alpha value is -2.09. The molecule has 1 aromatic heterocycles. The molecular weight excluding hydrogens is 323 g/mol. The Morgan fingerprint density at radius 3 is 2.95 bits per heavy atom. The highest BCUT2D eigenvalue weighted by Crippen LogP contribution is 2.45. The van der Waals surface area contributed by atoms with Gasteiger partial charge in [-0.25, -0.2) is 9.18 Å². The number of carboxylic acid groups (broad SMARTS) is 1. The molecule has 0 saturated heterocycles. The van der Waals surface area contributed by atoms with E-state index in [0.29, 0.717) is 5.75 Å². The smallest absolute Gasteiger partial charge is 0.353 e. The predicted molar refractivity (Wildman–Crippen MR) is 64.8 cm³/mol. The number of aromatic carboxylic acids is 1. The van der Waals surface area contributed by atoms with Crippen molar-refractivity contribution in [2.24, 2.45) is 0 Å². The van der Waals surface area contributed by atoms with Gasteiger partial charge in [0.2, 0.25) is 6.79 Å². The standard InChI is InChI=1S/C11H6BrFN2O4/c12-4-1-7-10(19-3-18-7)8(9(4)13)5-2-6(11(16)17)15-14-5/h1-2H,3H2,(H,14,15)(H,16,17). The molecule has 2 N–H and O–H groups in total. The van der Waals surface area contributed by atoms with Gasteiger partial charge in [0.25, 0.3) is 0 Å². The van der Waals surface area contributed by atoms with Gasteiger partial charge in [-0.15, -0.1) is 0 Å². The number of hydrogen-bond acceptors (Lipinski definition) is 4. The molecule has 0 atom stereocenters. The number of carboxylic acids is 1. The lowest BCUT2D eigenvalue weighted by molar-refractivity contribution is 0.0690. The highest BCUT2D eigenvalue weighted by atomic mass is 79.9. The lowest BCUT2D eigenvalue weighted by Crippen LogP contribution is -1.95. The highest BCUT2D eigenvalue weighted by Gasteiger charge is 2.27. The first-order valence-electron chi connectivity index (χ1n) is 5.14. The van der Waals surface area contributed by atoms with E-state index >= 15 is 0 Å². The third kappa shape index (κ3) is 1.84. The molecule has 0 spiro atoms. The molecule has 0 amide bonds. The zero-order chi connectivity index (χ0) is 13.6. The van der Waals surface area contributed by atoms with Gasteiger partial charge in [0, 0.05) is 6.07 Å². The molecule has 3 rings (SSSR count). The molecule has 0 unspecified atom stereocenters. The van der Waals surface area contributed by atoms with Crippen LogP contribution >= 0.6 is 15.9 Å². The number of carbonyl (C=O) groups is 1. The van der Waals surface area contributed by atoms with Crippen molar-refractivity contribution >= 4 is 21.9 Å². The van der Waals surface area contributed by atoms with Gasteiger partial charge < -0.3 is 14.6 Å². The van der Waals surface area contributed by atoms with E-state index in [2.05, 4.69) is 26.1 Å². The Bertz CT molecular complexity index is 686. The molecule has 1 aliphatic rings. The molecule has 0 fully saturated rings. The SMILES string of the molecule is O=C(O)c1cc(-c2c(F)c(Br)cc3c2OCO3)n[nH]1. The summed E-state index contributed by atoms with van der Waals surface area (Å²) < 4.78 is 24.7. The first kappa shape index (κ1) is 12.0. The molecule has 6 nitrogen and oxygen atoms in total. The molecule has 8 heteroatoms. The Balaban J connectivity index is 2.21. The lowest BCUT2D eigenvalue weighted by atomic mass is 10.1. The average Bonchev–Trinajstić information content (AvgIpc) is 2.99. The number of fused-ring (bicyclic) bond motifs is 1. The largest absolute Gasteiger partial charge is 0.477 e. The van der Waals surface area contributed by atoms with Crippen molar-refractivity contribution in [1.82, 2.24) is 10.2 Å². The lowest BCUT2D eigenvalue weighted by Gasteiger charge is -2.06. The summed E-state index contributed by atoms with van der Waals surface area (Å²) in [6.45, 7) is -0.0194. The Morgan fingerprint density at radius 1 is 1.47 bits per heavy atom. The third-order valence-electron chi connectivity index (χ3n) is 2.62. The summed E-state index contributed by atoms with van der Waals surface area (Å²) >= 11 is 3.07. The second-order valence-corrected chi connectivity index (χ2v) is 4.61. The number of benzene rings is 1. The summed E-state index contributed by atoms with van der Waals surface area (Å²) in [6, 6.07) is 2.68. The fraction of sp³-hybridized carbons (Fsp3) is 0.0909. The quantitative estimate of drug-likeness (QED) is 0.884. The second-order valence-electron chi connectivity index (χ2n) is 3.75. The van der Waals surface area contributed by atoms with Crippen molar-refractivity contribution in [1.29, 1.82) is 0 Å². The summed E-state index contributed by atoms with van der Waals surface area (Å²) in [5.74, 6) is -1.18. The van der Waals surface area contributed by atoms with Gasteiger partial charge in [0.05, 0.1) is 15.7 Å².